The number of thiophene rings is 1. The molecule has 1 aliphatic rings. The van der Waals surface area contributed by atoms with Gasteiger partial charge in [-0.05, 0) is 42.0 Å². The first-order valence-electron chi connectivity index (χ1n) is 6.71. The number of nitrogens with zero attached hydrogens (tertiary/aromatic N) is 1. The van der Waals surface area contributed by atoms with Crippen LogP contribution in [0, 0.1) is 0 Å². The summed E-state index contributed by atoms with van der Waals surface area (Å²) in [6.45, 7) is 3.38. The molecule has 0 fully saturated rings. The molecule has 0 saturated heterocycles. The lowest BCUT2D eigenvalue weighted by molar-refractivity contribution is -0.122. The minimum absolute atomic E-state index is 0.150. The van der Waals surface area contributed by atoms with E-state index in [1.54, 1.807) is 6.92 Å². The van der Waals surface area contributed by atoms with Crippen molar-refractivity contribution in [3.63, 3.8) is 0 Å². The van der Waals surface area contributed by atoms with Crippen LogP contribution in [0.15, 0.2) is 35.7 Å². The van der Waals surface area contributed by atoms with Gasteiger partial charge >= 0.3 is 0 Å². The molecule has 1 aliphatic heterocycles. The van der Waals surface area contributed by atoms with Crippen LogP contribution in [0.1, 0.15) is 29.0 Å². The third kappa shape index (κ3) is 2.53. The zero-order valence-corrected chi connectivity index (χ0v) is 12.9. The predicted molar refractivity (Wildman–Crippen MR) is 83.3 cm³/mol. The van der Waals surface area contributed by atoms with Gasteiger partial charge in [0.25, 0.3) is 0 Å². The summed E-state index contributed by atoms with van der Waals surface area (Å²) in [5.41, 5.74) is 2.26. The fourth-order valence-electron chi connectivity index (χ4n) is 2.86. The molecular formula is C16H16ClNOS. The molecule has 0 spiro atoms. The minimum atomic E-state index is -0.239. The fraction of sp³-hybridized carbons (Fsp3) is 0.312. The van der Waals surface area contributed by atoms with E-state index in [4.69, 9.17) is 11.6 Å². The summed E-state index contributed by atoms with van der Waals surface area (Å²) >= 11 is 8.09. The highest BCUT2D eigenvalue weighted by atomic mass is 35.5. The van der Waals surface area contributed by atoms with E-state index in [2.05, 4.69) is 16.3 Å². The highest BCUT2D eigenvalue weighted by molar-refractivity contribution is 7.10. The van der Waals surface area contributed by atoms with Crippen LogP contribution in [0.5, 0.6) is 0 Å². The topological polar surface area (TPSA) is 20.3 Å². The van der Waals surface area contributed by atoms with E-state index in [0.29, 0.717) is 5.02 Å². The Morgan fingerprint density at radius 1 is 1.35 bits per heavy atom. The van der Waals surface area contributed by atoms with Crippen LogP contribution in [0.4, 0.5) is 0 Å². The third-order valence-corrected chi connectivity index (χ3v) is 5.15. The Labute approximate surface area is 128 Å². The van der Waals surface area contributed by atoms with Gasteiger partial charge in [0.1, 0.15) is 0 Å². The van der Waals surface area contributed by atoms with E-state index in [9.17, 15) is 4.79 Å². The highest BCUT2D eigenvalue weighted by Crippen LogP contribution is 2.33. The van der Waals surface area contributed by atoms with E-state index in [-0.39, 0.29) is 11.8 Å². The summed E-state index contributed by atoms with van der Waals surface area (Å²) in [7, 11) is 0. The highest BCUT2D eigenvalue weighted by Gasteiger charge is 2.29. The number of carbonyl (C=O) groups excluding carboxylic acids is 1. The summed E-state index contributed by atoms with van der Waals surface area (Å²) < 4.78 is 0. The second-order valence-corrected chi connectivity index (χ2v) is 6.53. The van der Waals surface area contributed by atoms with Crippen molar-refractivity contribution < 1.29 is 4.79 Å². The maximum Gasteiger partial charge on any atom is 0.151 e. The zero-order chi connectivity index (χ0) is 14.1. The van der Waals surface area contributed by atoms with Gasteiger partial charge in [0.2, 0.25) is 0 Å². The average Bonchev–Trinajstić information content (AvgIpc) is 2.88. The van der Waals surface area contributed by atoms with Crippen LogP contribution in [0.3, 0.4) is 0 Å². The monoisotopic (exact) mass is 305 g/mol. The normalized spacial score (nSPS) is 16.7. The lowest BCUT2D eigenvalue weighted by atomic mass is 9.98. The second kappa shape index (κ2) is 5.68. The second-order valence-electron chi connectivity index (χ2n) is 5.12. The van der Waals surface area contributed by atoms with Crippen LogP contribution in [0.2, 0.25) is 5.02 Å². The van der Waals surface area contributed by atoms with E-state index in [0.717, 1.165) is 25.1 Å². The molecule has 1 aromatic heterocycles. The Hall–Kier alpha value is -1.16. The standard InChI is InChI=1S/C16H16ClNOS/c1-11(19)16(13-4-2-3-5-14(13)17)18-8-6-15-12(10-18)7-9-20-15/h2-5,7,9,16H,6,8,10H2,1H3. The third-order valence-electron chi connectivity index (χ3n) is 3.79. The number of carbonyl (C=O) groups is 1. The molecule has 0 amide bonds. The number of hydrogen-bond donors (Lipinski definition) is 0. The fourth-order valence-corrected chi connectivity index (χ4v) is 3.99. The van der Waals surface area contributed by atoms with Crippen LogP contribution < -0.4 is 0 Å². The van der Waals surface area contributed by atoms with Crippen molar-refractivity contribution in [2.75, 3.05) is 6.54 Å². The van der Waals surface area contributed by atoms with Crippen molar-refractivity contribution >= 4 is 28.7 Å². The molecule has 2 heterocycles. The maximum absolute atomic E-state index is 12.1. The zero-order valence-electron chi connectivity index (χ0n) is 11.3. The summed E-state index contributed by atoms with van der Waals surface area (Å²) in [4.78, 5) is 15.8. The van der Waals surface area contributed by atoms with E-state index in [1.165, 1.54) is 10.4 Å². The Balaban J connectivity index is 1.93. The van der Waals surface area contributed by atoms with Gasteiger partial charge in [0, 0.05) is 23.0 Å². The summed E-state index contributed by atoms with van der Waals surface area (Å²) in [5, 5.41) is 2.80. The van der Waals surface area contributed by atoms with E-state index >= 15 is 0 Å². The molecule has 1 unspecified atom stereocenters. The molecule has 1 atom stereocenters. The lowest BCUT2D eigenvalue weighted by Crippen LogP contribution is -2.37. The Morgan fingerprint density at radius 2 is 2.15 bits per heavy atom. The molecule has 0 saturated carbocycles. The van der Waals surface area contributed by atoms with E-state index in [1.807, 2.05) is 35.6 Å². The maximum atomic E-state index is 12.1. The molecule has 4 heteroatoms. The van der Waals surface area contributed by atoms with Gasteiger partial charge in [-0.1, -0.05) is 29.8 Å². The Kier molecular flexibility index (Phi) is 3.92. The smallest absolute Gasteiger partial charge is 0.151 e. The number of Topliss-reactive ketones (excluding diaryl/α,β-unsaturated/α-hetero) is 1. The molecule has 0 N–H and O–H groups in total. The molecule has 0 aliphatic carbocycles. The Bertz CT molecular complexity index is 637. The Morgan fingerprint density at radius 3 is 2.90 bits per heavy atom. The molecule has 3 rings (SSSR count). The van der Waals surface area contributed by atoms with Crippen molar-refractivity contribution in [3.8, 4) is 0 Å². The molecular weight excluding hydrogens is 290 g/mol. The first-order valence-corrected chi connectivity index (χ1v) is 7.97. The predicted octanol–water partition coefficient (Wildman–Crippen LogP) is 4.09. The van der Waals surface area contributed by atoms with E-state index < -0.39 is 0 Å². The van der Waals surface area contributed by atoms with Crippen molar-refractivity contribution in [2.24, 2.45) is 0 Å². The van der Waals surface area contributed by atoms with Crippen LogP contribution in [-0.4, -0.2) is 17.2 Å². The SMILES string of the molecule is CC(=O)C(c1ccccc1Cl)N1CCc2sccc2C1. The molecule has 0 radical (unpaired) electrons. The summed E-state index contributed by atoms with van der Waals surface area (Å²) in [5.74, 6) is 0.150. The molecule has 2 aromatic rings. The molecule has 104 valence electrons. The summed E-state index contributed by atoms with van der Waals surface area (Å²) in [6.07, 6.45) is 1.02. The molecule has 1 aromatic carbocycles. The van der Waals surface area contributed by atoms with Gasteiger partial charge in [0.05, 0.1) is 6.04 Å². The molecule has 20 heavy (non-hydrogen) atoms. The average molecular weight is 306 g/mol. The van der Waals surface area contributed by atoms with Crippen LogP contribution in [-0.2, 0) is 17.8 Å². The molecule has 0 bridgehead atoms. The van der Waals surface area contributed by atoms with Gasteiger partial charge in [-0.25, -0.2) is 0 Å². The number of halogens is 1. The molecule has 2 nitrogen and oxygen atoms in total. The van der Waals surface area contributed by atoms with Gasteiger partial charge < -0.3 is 0 Å². The number of benzene rings is 1. The van der Waals surface area contributed by atoms with Crippen molar-refractivity contribution in [2.45, 2.75) is 25.9 Å². The van der Waals surface area contributed by atoms with Crippen molar-refractivity contribution in [1.29, 1.82) is 0 Å². The van der Waals surface area contributed by atoms with Gasteiger partial charge in [-0.15, -0.1) is 11.3 Å². The number of fused-ring (bicyclic) bond motifs is 1. The van der Waals surface area contributed by atoms with Gasteiger partial charge in [-0.3, -0.25) is 9.69 Å². The van der Waals surface area contributed by atoms with Crippen molar-refractivity contribution in [1.82, 2.24) is 4.90 Å². The van der Waals surface area contributed by atoms with Crippen LogP contribution in [0.25, 0.3) is 0 Å². The minimum Gasteiger partial charge on any atom is -0.298 e. The summed E-state index contributed by atoms with van der Waals surface area (Å²) in [6, 6.07) is 9.57. The van der Waals surface area contributed by atoms with Gasteiger partial charge in [0.15, 0.2) is 5.78 Å². The van der Waals surface area contributed by atoms with Gasteiger partial charge in [-0.2, -0.15) is 0 Å². The largest absolute Gasteiger partial charge is 0.298 e. The first kappa shape index (κ1) is 13.8. The number of ketones is 1. The quantitative estimate of drug-likeness (QED) is 0.851. The number of rotatable bonds is 3. The number of hydrogen-bond acceptors (Lipinski definition) is 3. The first-order chi connectivity index (χ1) is 9.66. The van der Waals surface area contributed by atoms with Crippen LogP contribution >= 0.6 is 22.9 Å². The van der Waals surface area contributed by atoms with Crippen molar-refractivity contribution in [3.05, 3.63) is 56.7 Å². The lowest BCUT2D eigenvalue weighted by Gasteiger charge is -2.33.